The van der Waals surface area contributed by atoms with Crippen LogP contribution in [-0.2, 0) is 0 Å². The smallest absolute Gasteiger partial charge is 0.293 e. The van der Waals surface area contributed by atoms with Crippen molar-refractivity contribution in [3.63, 3.8) is 0 Å². The number of halogens is 2. The van der Waals surface area contributed by atoms with Crippen LogP contribution >= 0.6 is 11.6 Å². The summed E-state index contributed by atoms with van der Waals surface area (Å²) in [5.41, 5.74) is 4.66. The van der Waals surface area contributed by atoms with Crippen LogP contribution in [0.1, 0.15) is 10.4 Å². The van der Waals surface area contributed by atoms with Crippen molar-refractivity contribution in [2.24, 2.45) is 5.73 Å². The molecule has 21 heavy (non-hydrogen) atoms. The fourth-order valence-electron chi connectivity index (χ4n) is 1.68. The van der Waals surface area contributed by atoms with E-state index in [2.05, 4.69) is 5.32 Å². The Labute approximate surface area is 123 Å². The van der Waals surface area contributed by atoms with Crippen LogP contribution < -0.4 is 11.1 Å². The van der Waals surface area contributed by atoms with Crippen molar-refractivity contribution in [2.45, 2.75) is 0 Å². The van der Waals surface area contributed by atoms with Crippen LogP contribution in [-0.4, -0.2) is 10.8 Å². The van der Waals surface area contributed by atoms with E-state index in [0.717, 1.165) is 12.1 Å². The van der Waals surface area contributed by atoms with Crippen LogP contribution in [0.5, 0.6) is 0 Å². The molecule has 2 rings (SSSR count). The van der Waals surface area contributed by atoms with Crippen LogP contribution in [0.3, 0.4) is 0 Å². The molecule has 0 fully saturated rings. The number of nitrogens with one attached hydrogen (secondary N) is 1. The Bertz CT molecular complexity index is 737. The number of nitro groups is 1. The Morgan fingerprint density at radius 3 is 2.57 bits per heavy atom. The zero-order valence-electron chi connectivity index (χ0n) is 10.5. The van der Waals surface area contributed by atoms with E-state index in [4.69, 9.17) is 17.3 Å². The maximum absolute atomic E-state index is 13.6. The summed E-state index contributed by atoms with van der Waals surface area (Å²) >= 11 is 5.75. The SMILES string of the molecule is NC(=O)c1ccc(Nc2cc(Cl)ccc2F)c([N+](=O)[O-])c1. The van der Waals surface area contributed by atoms with Crippen LogP contribution in [0, 0.1) is 15.9 Å². The number of anilines is 2. The minimum absolute atomic E-state index is 0.0150. The van der Waals surface area contributed by atoms with Crippen molar-refractivity contribution in [1.29, 1.82) is 0 Å². The molecule has 3 N–H and O–H groups in total. The topological polar surface area (TPSA) is 98.3 Å². The molecule has 0 atom stereocenters. The molecule has 0 radical (unpaired) electrons. The molecule has 108 valence electrons. The summed E-state index contributed by atoms with van der Waals surface area (Å²) in [6.45, 7) is 0. The first-order valence-electron chi connectivity index (χ1n) is 5.69. The summed E-state index contributed by atoms with van der Waals surface area (Å²) in [4.78, 5) is 21.4. The second-order valence-electron chi connectivity index (χ2n) is 4.10. The lowest BCUT2D eigenvalue weighted by Gasteiger charge is -2.09. The molecule has 0 aliphatic heterocycles. The number of carbonyl (C=O) groups excluding carboxylic acids is 1. The van der Waals surface area contributed by atoms with Gasteiger partial charge in [-0.25, -0.2) is 4.39 Å². The van der Waals surface area contributed by atoms with Gasteiger partial charge in [0.15, 0.2) is 0 Å². The maximum Gasteiger partial charge on any atom is 0.293 e. The Morgan fingerprint density at radius 1 is 1.24 bits per heavy atom. The van der Waals surface area contributed by atoms with E-state index in [1.807, 2.05) is 0 Å². The summed E-state index contributed by atoms with van der Waals surface area (Å²) < 4.78 is 13.6. The fraction of sp³-hybridized carbons (Fsp3) is 0. The predicted octanol–water partition coefficient (Wildman–Crippen LogP) is 3.23. The molecule has 1 amide bonds. The van der Waals surface area contributed by atoms with Crippen LogP contribution in [0.25, 0.3) is 0 Å². The molecule has 2 aromatic carbocycles. The number of benzene rings is 2. The third kappa shape index (κ3) is 3.26. The van der Waals surface area contributed by atoms with Gasteiger partial charge in [0.25, 0.3) is 5.69 Å². The molecular weight excluding hydrogens is 301 g/mol. The van der Waals surface area contributed by atoms with Gasteiger partial charge in [0, 0.05) is 16.7 Å². The number of primary amides is 1. The zero-order valence-corrected chi connectivity index (χ0v) is 11.2. The van der Waals surface area contributed by atoms with Gasteiger partial charge >= 0.3 is 0 Å². The van der Waals surface area contributed by atoms with Gasteiger partial charge in [-0.05, 0) is 30.3 Å². The quantitative estimate of drug-likeness (QED) is 0.669. The van der Waals surface area contributed by atoms with Gasteiger partial charge in [0.1, 0.15) is 11.5 Å². The largest absolute Gasteiger partial charge is 0.366 e. The van der Waals surface area contributed by atoms with Crippen LogP contribution in [0.2, 0.25) is 5.02 Å². The molecule has 0 saturated carbocycles. The summed E-state index contributed by atoms with van der Waals surface area (Å²) in [6.07, 6.45) is 0. The normalized spacial score (nSPS) is 10.2. The van der Waals surface area contributed by atoms with Crippen molar-refractivity contribution >= 4 is 34.6 Å². The predicted molar refractivity (Wildman–Crippen MR) is 76.3 cm³/mol. The van der Waals surface area contributed by atoms with E-state index in [-0.39, 0.29) is 22.0 Å². The Morgan fingerprint density at radius 2 is 1.95 bits per heavy atom. The van der Waals surface area contributed by atoms with Crippen molar-refractivity contribution in [3.05, 3.63) is 62.9 Å². The van der Waals surface area contributed by atoms with Crippen LogP contribution in [0.4, 0.5) is 21.5 Å². The standard InChI is InChI=1S/C13H9ClFN3O3/c14-8-2-3-9(15)11(6-8)17-10-4-1-7(13(16)19)5-12(10)18(20)21/h1-6,17H,(H2,16,19). The van der Waals surface area contributed by atoms with Crippen molar-refractivity contribution in [3.8, 4) is 0 Å². The van der Waals surface area contributed by atoms with E-state index < -0.39 is 22.3 Å². The number of nitrogens with two attached hydrogens (primary N) is 1. The molecule has 0 heterocycles. The minimum Gasteiger partial charge on any atom is -0.366 e. The highest BCUT2D eigenvalue weighted by Gasteiger charge is 2.17. The van der Waals surface area contributed by atoms with Crippen LogP contribution in [0.15, 0.2) is 36.4 Å². The summed E-state index contributed by atoms with van der Waals surface area (Å²) in [5, 5.41) is 13.9. The number of rotatable bonds is 4. The maximum atomic E-state index is 13.6. The lowest BCUT2D eigenvalue weighted by molar-refractivity contribution is -0.383. The minimum atomic E-state index is -0.793. The average molecular weight is 310 g/mol. The third-order valence-electron chi connectivity index (χ3n) is 2.68. The highest BCUT2D eigenvalue weighted by atomic mass is 35.5. The summed E-state index contributed by atoms with van der Waals surface area (Å²) in [5.74, 6) is -1.41. The highest BCUT2D eigenvalue weighted by molar-refractivity contribution is 6.30. The van der Waals surface area contributed by atoms with Gasteiger partial charge in [-0.3, -0.25) is 14.9 Å². The Kier molecular flexibility index (Phi) is 4.04. The lowest BCUT2D eigenvalue weighted by Crippen LogP contribution is -2.11. The number of nitrogens with zero attached hydrogens (tertiary/aromatic N) is 1. The molecule has 0 aromatic heterocycles. The van der Waals surface area contributed by atoms with Gasteiger partial charge in [0.05, 0.1) is 10.6 Å². The zero-order chi connectivity index (χ0) is 15.6. The summed E-state index contributed by atoms with van der Waals surface area (Å²) in [7, 11) is 0. The second kappa shape index (κ2) is 5.76. The number of hydrogen-bond donors (Lipinski definition) is 2. The molecule has 8 heteroatoms. The van der Waals surface area contributed by atoms with Crippen molar-refractivity contribution < 1.29 is 14.1 Å². The van der Waals surface area contributed by atoms with E-state index in [1.165, 1.54) is 24.3 Å². The number of nitro benzene ring substituents is 1. The Balaban J connectivity index is 2.46. The van der Waals surface area contributed by atoms with Gasteiger partial charge in [-0.2, -0.15) is 0 Å². The van der Waals surface area contributed by atoms with E-state index in [1.54, 1.807) is 0 Å². The average Bonchev–Trinajstić information content (AvgIpc) is 2.42. The summed E-state index contributed by atoms with van der Waals surface area (Å²) in [6, 6.07) is 7.38. The third-order valence-corrected chi connectivity index (χ3v) is 2.91. The first-order chi connectivity index (χ1) is 9.88. The van der Waals surface area contributed by atoms with Gasteiger partial charge in [0.2, 0.25) is 5.91 Å². The van der Waals surface area contributed by atoms with Gasteiger partial charge in [-0.1, -0.05) is 11.6 Å². The molecule has 2 aromatic rings. The van der Waals surface area contributed by atoms with E-state index in [9.17, 15) is 19.3 Å². The van der Waals surface area contributed by atoms with E-state index in [0.29, 0.717) is 0 Å². The molecule has 0 aliphatic rings. The number of hydrogen-bond acceptors (Lipinski definition) is 4. The fourth-order valence-corrected chi connectivity index (χ4v) is 1.85. The van der Waals surface area contributed by atoms with Crippen molar-refractivity contribution in [1.82, 2.24) is 0 Å². The lowest BCUT2D eigenvalue weighted by atomic mass is 10.1. The molecule has 0 spiro atoms. The highest BCUT2D eigenvalue weighted by Crippen LogP contribution is 2.30. The number of amides is 1. The molecule has 6 nitrogen and oxygen atoms in total. The monoisotopic (exact) mass is 309 g/mol. The molecule has 0 aliphatic carbocycles. The first kappa shape index (κ1) is 14.7. The van der Waals surface area contributed by atoms with Gasteiger partial charge in [-0.15, -0.1) is 0 Å². The van der Waals surface area contributed by atoms with E-state index >= 15 is 0 Å². The molecule has 0 saturated heterocycles. The Hall–Kier alpha value is -2.67. The molecule has 0 unspecified atom stereocenters. The second-order valence-corrected chi connectivity index (χ2v) is 4.54. The van der Waals surface area contributed by atoms with Gasteiger partial charge < -0.3 is 11.1 Å². The molecular formula is C13H9ClFN3O3. The number of carbonyl (C=O) groups is 1. The molecule has 0 bridgehead atoms. The first-order valence-corrected chi connectivity index (χ1v) is 6.06. The van der Waals surface area contributed by atoms with Crippen molar-refractivity contribution in [2.75, 3.05) is 5.32 Å².